The molecule has 1 amide bonds. The van der Waals surface area contributed by atoms with Crippen molar-refractivity contribution in [1.82, 2.24) is 5.48 Å². The Labute approximate surface area is 74.6 Å². The van der Waals surface area contributed by atoms with E-state index in [9.17, 15) is 9.59 Å². The van der Waals surface area contributed by atoms with Crippen LogP contribution in [0, 0.1) is 0 Å². The second-order valence-corrected chi connectivity index (χ2v) is 2.28. The fourth-order valence-electron chi connectivity index (χ4n) is 0.585. The molecule has 7 heteroatoms. The Morgan fingerprint density at radius 1 is 1.67 bits per heavy atom. The Morgan fingerprint density at radius 2 is 2.25 bits per heavy atom. The van der Waals surface area contributed by atoms with Crippen LogP contribution in [0.15, 0.2) is 0 Å². The van der Waals surface area contributed by atoms with Gasteiger partial charge in [-0.1, -0.05) is 0 Å². The Morgan fingerprint density at radius 3 is 2.58 bits per heavy atom. The van der Waals surface area contributed by atoms with Gasteiger partial charge in [0.05, 0.1) is 0 Å². The molecule has 0 aliphatic rings. The van der Waals surface area contributed by atoms with E-state index in [2.05, 4.69) is 17.1 Å². The summed E-state index contributed by atoms with van der Waals surface area (Å²) in [5, 5.41) is 8.40. The van der Waals surface area contributed by atoms with Gasteiger partial charge in [0.1, 0.15) is 6.04 Å². The maximum Gasteiger partial charge on any atom is 0.337 e. The Bertz CT molecular complexity index is 175. The largest absolute Gasteiger partial charge is 0.393 e. The molecule has 70 valence electrons. The molecule has 0 fully saturated rings. The summed E-state index contributed by atoms with van der Waals surface area (Å²) in [4.78, 5) is 21.0. The Hall–Kier alpha value is -0.790. The zero-order valence-corrected chi connectivity index (χ0v) is 7.08. The van der Waals surface area contributed by atoms with E-state index in [1.54, 1.807) is 5.48 Å². The second kappa shape index (κ2) is 5.81. The van der Waals surface area contributed by atoms with Crippen molar-refractivity contribution in [1.29, 1.82) is 0 Å². The summed E-state index contributed by atoms with van der Waals surface area (Å²) < 4.78 is 4.02. The van der Waals surface area contributed by atoms with E-state index in [-0.39, 0.29) is 12.8 Å². The maximum absolute atomic E-state index is 10.7. The third-order valence-corrected chi connectivity index (χ3v) is 1.39. The van der Waals surface area contributed by atoms with Gasteiger partial charge in [-0.25, -0.2) is 4.79 Å². The number of carbonyl (C=O) groups is 2. The molecule has 0 aromatic carbocycles. The van der Waals surface area contributed by atoms with E-state index in [1.807, 2.05) is 0 Å². The smallest absolute Gasteiger partial charge is 0.337 e. The molecule has 0 saturated carbocycles. The number of primary amides is 1. The van der Waals surface area contributed by atoms with Crippen molar-refractivity contribution < 1.29 is 19.0 Å². The van der Waals surface area contributed by atoms with Gasteiger partial charge >= 0.3 is 5.97 Å². The summed E-state index contributed by atoms with van der Waals surface area (Å²) >= 11 is 3.24. The molecule has 0 spiro atoms. The van der Waals surface area contributed by atoms with Gasteiger partial charge in [-0.05, 0) is 6.42 Å². The lowest BCUT2D eigenvalue weighted by Crippen LogP contribution is -2.35. The molecule has 0 radical (unpaired) electrons. The summed E-state index contributed by atoms with van der Waals surface area (Å²) in [5.41, 5.74) is 6.49. The topological polar surface area (TPSA) is 102 Å². The van der Waals surface area contributed by atoms with Gasteiger partial charge in [0.25, 0.3) is 0 Å². The molecular weight excluding hydrogens is 184 g/mol. The minimum absolute atomic E-state index is 0.0128. The predicted molar refractivity (Wildman–Crippen MR) is 42.2 cm³/mol. The molecule has 0 aromatic heterocycles. The van der Waals surface area contributed by atoms with Crippen LogP contribution in [0.1, 0.15) is 12.8 Å². The molecule has 0 heterocycles. The molecule has 12 heavy (non-hydrogen) atoms. The van der Waals surface area contributed by atoms with Gasteiger partial charge in [0, 0.05) is 19.3 Å². The highest BCUT2D eigenvalue weighted by atomic mass is 32.1. The van der Waals surface area contributed by atoms with Crippen LogP contribution in [0.3, 0.4) is 0 Å². The molecule has 1 atom stereocenters. The van der Waals surface area contributed by atoms with Crippen molar-refractivity contribution >= 4 is 24.8 Å². The van der Waals surface area contributed by atoms with Gasteiger partial charge in [0.15, 0.2) is 0 Å². The summed E-state index contributed by atoms with van der Waals surface area (Å²) in [7, 11) is 0. The number of carbonyl (C=O) groups excluding carboxylic acids is 2. The van der Waals surface area contributed by atoms with Crippen LogP contribution in [0.5, 0.6) is 0 Å². The average Bonchev–Trinajstić information content (AvgIpc) is 2.04. The number of nitrogens with two attached hydrogens (primary N) is 1. The first-order valence-corrected chi connectivity index (χ1v) is 3.51. The highest BCUT2D eigenvalue weighted by Gasteiger charge is 2.18. The monoisotopic (exact) mass is 194 g/mol. The van der Waals surface area contributed by atoms with Crippen molar-refractivity contribution in [2.45, 2.75) is 18.9 Å². The lowest BCUT2D eigenvalue weighted by Gasteiger charge is -2.09. The Kier molecular flexibility index (Phi) is 5.43. The van der Waals surface area contributed by atoms with E-state index in [0.717, 1.165) is 0 Å². The van der Waals surface area contributed by atoms with Gasteiger partial charge < -0.3 is 15.1 Å². The highest BCUT2D eigenvalue weighted by molar-refractivity contribution is 7.75. The fraction of sp³-hybridized carbons (Fsp3) is 0.600. The molecule has 6 nitrogen and oxygen atoms in total. The molecule has 0 saturated heterocycles. The highest BCUT2D eigenvalue weighted by Crippen LogP contribution is 1.99. The third kappa shape index (κ3) is 4.16. The quantitative estimate of drug-likeness (QED) is 0.255. The normalized spacial score (nSPS) is 12.2. The van der Waals surface area contributed by atoms with Crippen molar-refractivity contribution in [3.05, 3.63) is 0 Å². The van der Waals surface area contributed by atoms with E-state index in [4.69, 9.17) is 10.9 Å². The van der Waals surface area contributed by atoms with Crippen molar-refractivity contribution in [3.63, 3.8) is 0 Å². The fourth-order valence-corrected chi connectivity index (χ4v) is 0.713. The zero-order valence-electron chi connectivity index (χ0n) is 6.19. The van der Waals surface area contributed by atoms with Crippen LogP contribution in [-0.4, -0.2) is 23.1 Å². The molecular formula is C5H10N2O4S. The first kappa shape index (κ1) is 11.2. The number of hydrogen-bond acceptors (Lipinski definition) is 6. The molecule has 0 aliphatic carbocycles. The first-order valence-electron chi connectivity index (χ1n) is 3.15. The van der Waals surface area contributed by atoms with Gasteiger partial charge in [-0.3, -0.25) is 4.79 Å². The Balaban J connectivity index is 3.83. The maximum atomic E-state index is 10.7. The van der Waals surface area contributed by atoms with Crippen molar-refractivity contribution in [2.75, 3.05) is 0 Å². The van der Waals surface area contributed by atoms with Crippen LogP contribution in [-0.2, 0) is 13.8 Å². The molecule has 0 bridgehead atoms. The lowest BCUT2D eigenvalue weighted by atomic mass is 10.1. The van der Waals surface area contributed by atoms with E-state index >= 15 is 0 Å². The second-order valence-electron chi connectivity index (χ2n) is 2.10. The van der Waals surface area contributed by atoms with Crippen LogP contribution < -0.4 is 11.2 Å². The van der Waals surface area contributed by atoms with Crippen LogP contribution >= 0.6 is 12.9 Å². The minimum atomic E-state index is -0.963. The van der Waals surface area contributed by atoms with E-state index in [1.165, 1.54) is 0 Å². The number of hydrogen-bond donors (Lipinski definition) is 4. The molecule has 0 rings (SSSR count). The number of nitrogens with one attached hydrogen (secondary N) is 1. The van der Waals surface area contributed by atoms with E-state index < -0.39 is 17.9 Å². The average molecular weight is 194 g/mol. The lowest BCUT2D eigenvalue weighted by molar-refractivity contribution is -0.138. The van der Waals surface area contributed by atoms with Gasteiger partial charge in [-0.2, -0.15) is 5.48 Å². The molecule has 0 aromatic rings. The summed E-state index contributed by atoms with van der Waals surface area (Å²) in [6, 6.07) is -0.963. The van der Waals surface area contributed by atoms with E-state index in [0.29, 0.717) is 0 Å². The van der Waals surface area contributed by atoms with Gasteiger partial charge in [-0.15, -0.1) is 0 Å². The van der Waals surface area contributed by atoms with Gasteiger partial charge in [0.2, 0.25) is 5.91 Å². The first-order chi connectivity index (χ1) is 5.61. The molecule has 4 N–H and O–H groups in total. The number of amides is 1. The summed E-state index contributed by atoms with van der Waals surface area (Å²) in [5.74, 6) is -1.32. The summed E-state index contributed by atoms with van der Waals surface area (Å²) in [6.45, 7) is 0. The van der Waals surface area contributed by atoms with Crippen molar-refractivity contribution in [3.8, 4) is 0 Å². The number of thiol groups is 1. The zero-order chi connectivity index (χ0) is 9.56. The SMILES string of the molecule is NC(=O)CC[C@H](NO)C(=O)OS. The standard InChI is InChI=1S/C5H10N2O4S/c6-4(8)2-1-3(7-10)5(9)11-12/h3,7,10,12H,1-2H2,(H2,6,8)/t3-/m0/s1. The number of rotatable bonds is 5. The number of hydroxylamine groups is 1. The molecule has 0 aliphatic heterocycles. The molecule has 0 unspecified atom stereocenters. The van der Waals surface area contributed by atoms with Crippen LogP contribution in [0.2, 0.25) is 0 Å². The minimum Gasteiger partial charge on any atom is -0.393 e. The van der Waals surface area contributed by atoms with Crippen LogP contribution in [0.4, 0.5) is 0 Å². The van der Waals surface area contributed by atoms with Crippen LogP contribution in [0.25, 0.3) is 0 Å². The third-order valence-electron chi connectivity index (χ3n) is 1.21. The predicted octanol–water partition coefficient (Wildman–Crippen LogP) is -1.01. The van der Waals surface area contributed by atoms with Crippen molar-refractivity contribution in [2.24, 2.45) is 5.73 Å². The summed E-state index contributed by atoms with van der Waals surface area (Å²) in [6.07, 6.45) is 0.0618.